The predicted octanol–water partition coefficient (Wildman–Crippen LogP) is 7.53. The second-order valence-corrected chi connectivity index (χ2v) is 12.1. The van der Waals surface area contributed by atoms with Crippen LogP contribution in [0.4, 0.5) is 0 Å². The molecule has 2 aromatic carbocycles. The Morgan fingerprint density at radius 1 is 0.878 bits per heavy atom. The van der Waals surface area contributed by atoms with E-state index in [2.05, 4.69) is 24.3 Å². The molecule has 0 aliphatic carbocycles. The highest BCUT2D eigenvalue weighted by Crippen LogP contribution is 2.55. The van der Waals surface area contributed by atoms with Crippen molar-refractivity contribution in [3.63, 3.8) is 0 Å². The fraction of sp³-hybridized carbons (Fsp3) is 0.471. The molecule has 15 heteroatoms. The van der Waals surface area contributed by atoms with Crippen LogP contribution in [-0.2, 0) is 13.8 Å². The minimum Gasteiger partial charge on any atom is -0.493 e. The number of unbranched alkanes of at least 4 members (excludes halogenated alkanes) is 1. The van der Waals surface area contributed by atoms with Crippen LogP contribution < -0.4 is 29.0 Å². The first kappa shape index (κ1) is 39.4. The number of fused-ring (bicyclic) bond motifs is 1. The van der Waals surface area contributed by atoms with E-state index in [1.54, 1.807) is 48.1 Å². The lowest BCUT2D eigenvalue weighted by atomic mass is 10.0. The Labute approximate surface area is 288 Å². The van der Waals surface area contributed by atoms with Gasteiger partial charge >= 0.3 is 7.82 Å². The van der Waals surface area contributed by atoms with Crippen LogP contribution in [0.1, 0.15) is 70.3 Å². The van der Waals surface area contributed by atoms with Gasteiger partial charge in [-0.25, -0.2) is 9.55 Å². The van der Waals surface area contributed by atoms with E-state index >= 15 is 0 Å². The number of nitrogens with one attached hydrogen (secondary N) is 1. The lowest BCUT2D eigenvalue weighted by Crippen LogP contribution is -2.47. The first-order valence-electron chi connectivity index (χ1n) is 16.3. The van der Waals surface area contributed by atoms with Crippen LogP contribution in [-0.4, -0.2) is 74.6 Å². The Kier molecular flexibility index (Phi) is 14.5. The number of benzene rings is 2. The lowest BCUT2D eigenvalue weighted by molar-refractivity contribution is -1.08. The summed E-state index contributed by atoms with van der Waals surface area (Å²) < 4.78 is 61.8. The van der Waals surface area contributed by atoms with E-state index in [1.807, 2.05) is 20.8 Å². The second-order valence-electron chi connectivity index (χ2n) is 10.7. The Balaban J connectivity index is 0.00000154. The zero-order chi connectivity index (χ0) is 36.2. The average molecular weight is 706 g/mol. The van der Waals surface area contributed by atoms with E-state index in [-0.39, 0.29) is 38.7 Å². The molecule has 4 rings (SSSR count). The molecule has 2 aromatic heterocycles. The highest BCUT2D eigenvalue weighted by molar-refractivity contribution is 7.48. The number of carbonyl (C=O) groups is 1. The summed E-state index contributed by atoms with van der Waals surface area (Å²) >= 11 is 0. The Bertz CT molecular complexity index is 1670. The van der Waals surface area contributed by atoms with Gasteiger partial charge in [-0.1, -0.05) is 38.2 Å². The van der Waals surface area contributed by atoms with Crippen LogP contribution in [0.3, 0.4) is 0 Å². The Morgan fingerprint density at radius 3 is 1.96 bits per heavy atom. The van der Waals surface area contributed by atoms with E-state index in [1.165, 1.54) is 47.6 Å². The lowest BCUT2D eigenvalue weighted by Gasteiger charge is -2.33. The van der Waals surface area contributed by atoms with Gasteiger partial charge in [-0.3, -0.25) is 9.36 Å². The van der Waals surface area contributed by atoms with Crippen molar-refractivity contribution in [1.29, 1.82) is 0 Å². The number of rotatable bonds is 18. The van der Waals surface area contributed by atoms with E-state index < -0.39 is 13.6 Å². The number of methoxy groups -OCH3 is 4. The van der Waals surface area contributed by atoms with Crippen LogP contribution in [0.25, 0.3) is 16.9 Å². The van der Waals surface area contributed by atoms with Crippen LogP contribution in [0, 0.1) is 0 Å². The summed E-state index contributed by atoms with van der Waals surface area (Å²) in [5, 5.41) is 0.338. The molecule has 0 amide bonds. The molecule has 0 spiro atoms. The third kappa shape index (κ3) is 8.75. The summed E-state index contributed by atoms with van der Waals surface area (Å²) in [7, 11) is 1.45. The Morgan fingerprint density at radius 2 is 1.49 bits per heavy atom. The highest BCUT2D eigenvalue weighted by atomic mass is 31.2. The first-order valence-corrected chi connectivity index (χ1v) is 17.8. The fourth-order valence-corrected chi connectivity index (χ4v) is 6.41. The molecule has 270 valence electrons. The van der Waals surface area contributed by atoms with Gasteiger partial charge in [0.25, 0.3) is 0 Å². The zero-order valence-corrected chi connectivity index (χ0v) is 31.0. The summed E-state index contributed by atoms with van der Waals surface area (Å²) in [6.45, 7) is 13.7. The summed E-state index contributed by atoms with van der Waals surface area (Å²) in [6, 6.07) is 6.32. The molecular formula is C34H50N4O10P+. The van der Waals surface area contributed by atoms with Crippen molar-refractivity contribution in [1.82, 2.24) is 15.0 Å². The number of ketones is 1. The normalized spacial score (nSPS) is 12.5. The number of hydrogen-bond donors (Lipinski definition) is 1. The number of furan rings is 1. The molecule has 14 nitrogen and oxygen atoms in total. The molecule has 0 fully saturated rings. The van der Waals surface area contributed by atoms with Gasteiger partial charge in [0.15, 0.2) is 28.6 Å². The summed E-state index contributed by atoms with van der Waals surface area (Å²) in [4.78, 5) is 18.5. The number of hydroxylamine groups is 4. The number of ether oxygens (including phenoxy) is 4. The van der Waals surface area contributed by atoms with Crippen molar-refractivity contribution in [2.75, 3.05) is 54.6 Å². The molecule has 0 aliphatic rings. The van der Waals surface area contributed by atoms with Crippen molar-refractivity contribution in [2.24, 2.45) is 0 Å². The van der Waals surface area contributed by atoms with Gasteiger partial charge in [-0.15, -0.1) is 0 Å². The highest BCUT2D eigenvalue weighted by Gasteiger charge is 2.43. The van der Waals surface area contributed by atoms with E-state index in [0.717, 1.165) is 0 Å². The smallest absolute Gasteiger partial charge is 0.493 e. The molecule has 0 bridgehead atoms. The van der Waals surface area contributed by atoms with Crippen molar-refractivity contribution in [2.45, 2.75) is 54.4 Å². The summed E-state index contributed by atoms with van der Waals surface area (Å²) in [5.41, 5.74) is 3.06. The number of aromatic nitrogens is 2. The predicted molar refractivity (Wildman–Crippen MR) is 186 cm³/mol. The third-order valence-electron chi connectivity index (χ3n) is 7.90. The molecule has 0 aliphatic heterocycles. The molecule has 4 aromatic rings. The Hall–Kier alpha value is -4.07. The van der Waals surface area contributed by atoms with Gasteiger partial charge in [0.05, 0.1) is 34.0 Å². The average Bonchev–Trinajstić information content (AvgIpc) is 3.81. The number of nitrogens with zero attached hydrogens (tertiary/aromatic N) is 3. The van der Waals surface area contributed by atoms with Gasteiger partial charge < -0.3 is 27.9 Å². The summed E-state index contributed by atoms with van der Waals surface area (Å²) in [6.07, 6.45) is 7.29. The van der Waals surface area contributed by atoms with Crippen LogP contribution in [0.2, 0.25) is 0 Å². The van der Waals surface area contributed by atoms with Gasteiger partial charge in [-0.05, 0) is 45.0 Å². The van der Waals surface area contributed by atoms with Crippen LogP contribution in [0.15, 0.2) is 47.4 Å². The molecule has 1 unspecified atom stereocenters. The molecule has 0 saturated heterocycles. The van der Waals surface area contributed by atoms with Gasteiger partial charge in [0, 0.05) is 29.9 Å². The number of carbonyl (C=O) groups excluding carboxylic acids is 1. The zero-order valence-electron chi connectivity index (χ0n) is 30.2. The number of hydrogen-bond acceptors (Lipinski definition) is 12. The van der Waals surface area contributed by atoms with Gasteiger partial charge in [0.1, 0.15) is 26.0 Å². The number of phosphoric acid groups is 1. The minimum atomic E-state index is -4.38. The monoisotopic (exact) mass is 705 g/mol. The van der Waals surface area contributed by atoms with Gasteiger partial charge in [0.2, 0.25) is 17.4 Å². The molecule has 1 atom stereocenters. The molecule has 2 heterocycles. The molecular weight excluding hydrogens is 655 g/mol. The van der Waals surface area contributed by atoms with Crippen molar-refractivity contribution in [3.8, 4) is 34.6 Å². The largest absolute Gasteiger partial charge is 0.594 e. The molecule has 0 saturated carbocycles. The standard InChI is InChI=1S/C30H40N4O10P.C4H10/c1-9-32-43-45(36,44-34(10-2,11-3)12-4)42-29-22(37-5)14-13-21-25(30(41-27(21)29)33-16-15-31-19-33)26(35)20-17-23(38-6)28(40-8)24(18-20)39-7;1-3-4-2/h13-19,32H,9-12H2,1-8H3;3-4H2,1-2H3/q+1;. The molecule has 0 radical (unpaired) electrons. The third-order valence-corrected chi connectivity index (χ3v) is 9.20. The SMILES string of the molecule is CCCC.CCNOP(=O)(Oc1c(OC)ccc2c(C(=O)c3cc(OC)c(OC)c(OC)c3)c(-n3ccnc3)oc12)O[N+](CC)(CC)CC. The second kappa shape index (κ2) is 18.1. The maximum Gasteiger partial charge on any atom is 0.594 e. The van der Waals surface area contributed by atoms with Crippen molar-refractivity contribution < 1.29 is 51.1 Å². The van der Waals surface area contributed by atoms with E-state index in [4.69, 9.17) is 37.1 Å². The number of quaternary nitrogens is 1. The van der Waals surface area contributed by atoms with E-state index in [9.17, 15) is 9.36 Å². The van der Waals surface area contributed by atoms with Crippen molar-refractivity contribution >= 4 is 24.6 Å². The molecule has 49 heavy (non-hydrogen) atoms. The van der Waals surface area contributed by atoms with Crippen LogP contribution >= 0.6 is 7.82 Å². The topological polar surface area (TPSA) is 142 Å². The quantitative estimate of drug-likeness (QED) is 0.0473. The maximum atomic E-state index is 14.3. The maximum absolute atomic E-state index is 14.3. The summed E-state index contributed by atoms with van der Waals surface area (Å²) in [5.74, 6) is 0.714. The van der Waals surface area contributed by atoms with E-state index in [0.29, 0.717) is 48.8 Å². The van der Waals surface area contributed by atoms with Crippen molar-refractivity contribution in [3.05, 3.63) is 54.1 Å². The fourth-order valence-electron chi connectivity index (χ4n) is 4.85. The van der Waals surface area contributed by atoms with Crippen LogP contribution in [0.5, 0.6) is 28.7 Å². The minimum absolute atomic E-state index is 0.00965. The first-order chi connectivity index (χ1) is 23.6. The van der Waals surface area contributed by atoms with Gasteiger partial charge in [-0.2, -0.15) is 14.8 Å². The molecule has 1 N–H and O–H groups in total. The number of imidazole rings is 1.